The zero-order valence-electron chi connectivity index (χ0n) is 8.97. The third kappa shape index (κ3) is 2.68. The van der Waals surface area contributed by atoms with Gasteiger partial charge in [-0.2, -0.15) is 0 Å². The maximum Gasteiger partial charge on any atom is 0.0613 e. The molecule has 2 nitrogen and oxygen atoms in total. The van der Waals surface area contributed by atoms with E-state index >= 15 is 0 Å². The van der Waals surface area contributed by atoms with Crippen molar-refractivity contribution in [1.82, 2.24) is 5.32 Å². The van der Waals surface area contributed by atoms with E-state index in [0.29, 0.717) is 12.6 Å². The Kier molecular flexibility index (Phi) is 4.20. The Morgan fingerprint density at radius 1 is 1.38 bits per heavy atom. The fourth-order valence-electron chi connectivity index (χ4n) is 2.11. The van der Waals surface area contributed by atoms with Gasteiger partial charge in [0, 0.05) is 11.6 Å². The van der Waals surface area contributed by atoms with Crippen LogP contribution in [0.15, 0.2) is 0 Å². The number of aliphatic hydroxyl groups is 1. The first-order valence-corrected chi connectivity index (χ1v) is 5.65. The summed E-state index contributed by atoms with van der Waals surface area (Å²) in [4.78, 5) is 0. The third-order valence-corrected chi connectivity index (χ3v) is 3.25. The van der Waals surface area contributed by atoms with Gasteiger partial charge in [-0.15, -0.1) is 0 Å². The van der Waals surface area contributed by atoms with Gasteiger partial charge in [-0.1, -0.05) is 20.3 Å². The highest BCUT2D eigenvalue weighted by molar-refractivity contribution is 4.97. The second kappa shape index (κ2) is 4.97. The summed E-state index contributed by atoms with van der Waals surface area (Å²) in [5, 5.41) is 12.9. The van der Waals surface area contributed by atoms with Crippen molar-refractivity contribution in [3.8, 4) is 0 Å². The largest absolute Gasteiger partial charge is 0.394 e. The van der Waals surface area contributed by atoms with Crippen LogP contribution < -0.4 is 5.32 Å². The molecule has 0 spiro atoms. The summed E-state index contributed by atoms with van der Waals surface area (Å²) in [6.45, 7) is 4.75. The van der Waals surface area contributed by atoms with Crippen LogP contribution in [0.4, 0.5) is 0 Å². The van der Waals surface area contributed by atoms with E-state index in [-0.39, 0.29) is 5.54 Å². The van der Waals surface area contributed by atoms with E-state index in [1.165, 1.54) is 25.7 Å². The zero-order chi connectivity index (χ0) is 9.73. The third-order valence-electron chi connectivity index (χ3n) is 3.25. The molecule has 1 unspecified atom stereocenters. The molecular formula is C11H23NO. The molecule has 0 amide bonds. The van der Waals surface area contributed by atoms with E-state index < -0.39 is 0 Å². The van der Waals surface area contributed by atoms with Crippen LogP contribution in [0.1, 0.15) is 52.4 Å². The molecule has 1 aliphatic rings. The Hall–Kier alpha value is -0.0800. The average molecular weight is 185 g/mol. The normalized spacial score (nSPS) is 22.4. The smallest absolute Gasteiger partial charge is 0.0613 e. The van der Waals surface area contributed by atoms with Gasteiger partial charge in [-0.25, -0.2) is 0 Å². The van der Waals surface area contributed by atoms with Crippen molar-refractivity contribution >= 4 is 0 Å². The first kappa shape index (κ1) is 11.0. The van der Waals surface area contributed by atoms with Crippen LogP contribution in [0.25, 0.3) is 0 Å². The second-order valence-corrected chi connectivity index (χ2v) is 4.33. The van der Waals surface area contributed by atoms with Crippen LogP contribution in [0.3, 0.4) is 0 Å². The SMILES string of the molecule is CCCC(CC)NC1(CO)CCC1. The average Bonchev–Trinajstić information content (AvgIpc) is 2.09. The van der Waals surface area contributed by atoms with E-state index in [1.807, 2.05) is 0 Å². The Morgan fingerprint density at radius 2 is 2.08 bits per heavy atom. The Bertz CT molecular complexity index is 138. The molecule has 0 heterocycles. The monoisotopic (exact) mass is 185 g/mol. The van der Waals surface area contributed by atoms with Crippen LogP contribution in [0.5, 0.6) is 0 Å². The Balaban J connectivity index is 2.34. The topological polar surface area (TPSA) is 32.3 Å². The minimum atomic E-state index is 0.0931. The number of hydrogen-bond acceptors (Lipinski definition) is 2. The summed E-state index contributed by atoms with van der Waals surface area (Å²) in [5.74, 6) is 0. The molecule has 0 aromatic rings. The summed E-state index contributed by atoms with van der Waals surface area (Å²) in [6.07, 6.45) is 7.23. The minimum absolute atomic E-state index is 0.0931. The predicted molar refractivity (Wildman–Crippen MR) is 55.8 cm³/mol. The van der Waals surface area contributed by atoms with E-state index in [0.717, 1.165) is 12.8 Å². The maximum atomic E-state index is 9.29. The summed E-state index contributed by atoms with van der Waals surface area (Å²) in [7, 11) is 0. The minimum Gasteiger partial charge on any atom is -0.394 e. The summed E-state index contributed by atoms with van der Waals surface area (Å²) in [5.41, 5.74) is 0.0931. The lowest BCUT2D eigenvalue weighted by molar-refractivity contribution is 0.0745. The van der Waals surface area contributed by atoms with Gasteiger partial charge in [0.05, 0.1) is 6.61 Å². The van der Waals surface area contributed by atoms with Crippen molar-refractivity contribution in [3.63, 3.8) is 0 Å². The summed E-state index contributed by atoms with van der Waals surface area (Å²) >= 11 is 0. The van der Waals surface area contributed by atoms with Crippen LogP contribution >= 0.6 is 0 Å². The van der Waals surface area contributed by atoms with Gasteiger partial charge in [0.25, 0.3) is 0 Å². The van der Waals surface area contributed by atoms with E-state index in [4.69, 9.17) is 0 Å². The molecule has 0 bridgehead atoms. The van der Waals surface area contributed by atoms with Gasteiger partial charge in [0.2, 0.25) is 0 Å². The summed E-state index contributed by atoms with van der Waals surface area (Å²) < 4.78 is 0. The van der Waals surface area contributed by atoms with Crippen LogP contribution in [0.2, 0.25) is 0 Å². The highest BCUT2D eigenvalue weighted by atomic mass is 16.3. The molecule has 0 aliphatic heterocycles. The quantitative estimate of drug-likeness (QED) is 0.664. The lowest BCUT2D eigenvalue weighted by Crippen LogP contribution is -2.57. The van der Waals surface area contributed by atoms with Gasteiger partial charge < -0.3 is 10.4 Å². The van der Waals surface area contributed by atoms with Crippen molar-refractivity contribution in [2.45, 2.75) is 64.0 Å². The number of nitrogens with one attached hydrogen (secondary N) is 1. The predicted octanol–water partition coefficient (Wildman–Crippen LogP) is 2.07. The molecule has 1 atom stereocenters. The molecule has 0 aromatic carbocycles. The van der Waals surface area contributed by atoms with Crippen LogP contribution in [-0.4, -0.2) is 23.3 Å². The molecule has 2 heteroatoms. The number of rotatable bonds is 6. The van der Waals surface area contributed by atoms with Gasteiger partial charge in [0.1, 0.15) is 0 Å². The first-order valence-electron chi connectivity index (χ1n) is 5.65. The standard InChI is InChI=1S/C11H23NO/c1-3-6-10(4-2)12-11(9-13)7-5-8-11/h10,12-13H,3-9H2,1-2H3. The van der Waals surface area contributed by atoms with E-state index in [2.05, 4.69) is 19.2 Å². The molecule has 0 saturated heterocycles. The highest BCUT2D eigenvalue weighted by Gasteiger charge is 2.37. The molecule has 2 N–H and O–H groups in total. The number of hydrogen-bond donors (Lipinski definition) is 2. The lowest BCUT2D eigenvalue weighted by Gasteiger charge is -2.44. The first-order chi connectivity index (χ1) is 6.26. The summed E-state index contributed by atoms with van der Waals surface area (Å²) in [6, 6.07) is 0.609. The van der Waals surface area contributed by atoms with Gasteiger partial charge in [-0.05, 0) is 32.1 Å². The molecule has 1 saturated carbocycles. The molecule has 0 radical (unpaired) electrons. The van der Waals surface area contributed by atoms with Gasteiger partial charge in [0.15, 0.2) is 0 Å². The van der Waals surface area contributed by atoms with Gasteiger partial charge in [-0.3, -0.25) is 0 Å². The van der Waals surface area contributed by atoms with Crippen molar-refractivity contribution in [2.75, 3.05) is 6.61 Å². The van der Waals surface area contributed by atoms with E-state index in [1.54, 1.807) is 0 Å². The maximum absolute atomic E-state index is 9.29. The van der Waals surface area contributed by atoms with Crippen LogP contribution in [-0.2, 0) is 0 Å². The van der Waals surface area contributed by atoms with Crippen molar-refractivity contribution in [3.05, 3.63) is 0 Å². The van der Waals surface area contributed by atoms with Crippen molar-refractivity contribution < 1.29 is 5.11 Å². The lowest BCUT2D eigenvalue weighted by atomic mass is 9.76. The Labute approximate surface area is 81.7 Å². The molecular weight excluding hydrogens is 162 g/mol. The molecule has 1 aliphatic carbocycles. The molecule has 1 rings (SSSR count). The molecule has 78 valence electrons. The highest BCUT2D eigenvalue weighted by Crippen LogP contribution is 2.32. The fourth-order valence-corrected chi connectivity index (χ4v) is 2.11. The zero-order valence-corrected chi connectivity index (χ0v) is 8.97. The molecule has 0 aromatic heterocycles. The fraction of sp³-hybridized carbons (Fsp3) is 1.00. The second-order valence-electron chi connectivity index (χ2n) is 4.33. The van der Waals surface area contributed by atoms with Crippen molar-refractivity contribution in [1.29, 1.82) is 0 Å². The Morgan fingerprint density at radius 3 is 2.38 bits per heavy atom. The van der Waals surface area contributed by atoms with Crippen molar-refractivity contribution in [2.24, 2.45) is 0 Å². The van der Waals surface area contributed by atoms with Gasteiger partial charge >= 0.3 is 0 Å². The molecule has 1 fully saturated rings. The van der Waals surface area contributed by atoms with Crippen LogP contribution in [0, 0.1) is 0 Å². The molecule has 13 heavy (non-hydrogen) atoms. The van der Waals surface area contributed by atoms with E-state index in [9.17, 15) is 5.11 Å². The number of aliphatic hydroxyl groups excluding tert-OH is 1.